The number of pyridine rings is 1. The van der Waals surface area contributed by atoms with Crippen LogP contribution in [0.15, 0.2) is 102 Å². The van der Waals surface area contributed by atoms with Crippen molar-refractivity contribution in [3.05, 3.63) is 108 Å². The van der Waals surface area contributed by atoms with Crippen molar-refractivity contribution in [1.82, 2.24) is 19.9 Å². The van der Waals surface area contributed by atoms with E-state index in [1.165, 1.54) is 4.31 Å². The minimum atomic E-state index is -3.70. The zero-order chi connectivity index (χ0) is 30.0. The molecule has 2 N–H and O–H groups in total. The van der Waals surface area contributed by atoms with E-state index in [0.717, 1.165) is 17.4 Å². The molecule has 42 heavy (non-hydrogen) atoms. The number of aromatic nitrogens is 1. The summed E-state index contributed by atoms with van der Waals surface area (Å²) in [5.74, 6) is -0.465. The quantitative estimate of drug-likeness (QED) is 0.220. The van der Waals surface area contributed by atoms with Crippen molar-refractivity contribution in [2.75, 3.05) is 19.6 Å². The van der Waals surface area contributed by atoms with E-state index in [9.17, 15) is 18.0 Å². The minimum Gasteiger partial charge on any atom is -0.351 e. The smallest absolute Gasteiger partial charge is 0.270 e. The van der Waals surface area contributed by atoms with Crippen LogP contribution in [-0.2, 0) is 21.2 Å². The molecule has 0 aliphatic carbocycles. The Hall–Kier alpha value is -4.08. The lowest BCUT2D eigenvalue weighted by molar-refractivity contribution is -0.120. The van der Waals surface area contributed by atoms with Crippen molar-refractivity contribution >= 4 is 32.7 Å². The van der Waals surface area contributed by atoms with Gasteiger partial charge in [-0.3, -0.25) is 9.59 Å². The predicted octanol–water partition coefficient (Wildman–Crippen LogP) is 4.82. The number of nitrogens with one attached hydrogen (secondary N) is 2. The fourth-order valence-corrected chi connectivity index (χ4v) is 6.13. The Morgan fingerprint density at radius 3 is 2.17 bits per heavy atom. The molecule has 3 aromatic carbocycles. The molecule has 1 atom stereocenters. The lowest BCUT2D eigenvalue weighted by Crippen LogP contribution is -2.45. The van der Waals surface area contributed by atoms with Crippen LogP contribution < -0.4 is 10.6 Å². The number of fused-ring (bicyclic) bond motifs is 1. The SMILES string of the molecule is CC(C)CCN(CC[C@H](Cc1ccccc1)NC(=O)CNC(=O)c1ccc2ccccc2n1)S(=O)(=O)c1ccccc1. The first kappa shape index (κ1) is 30.9. The molecule has 220 valence electrons. The number of hydrogen-bond donors (Lipinski definition) is 2. The van der Waals surface area contributed by atoms with E-state index >= 15 is 0 Å². The lowest BCUT2D eigenvalue weighted by Gasteiger charge is -2.26. The molecule has 4 rings (SSSR count). The second kappa shape index (κ2) is 14.7. The van der Waals surface area contributed by atoms with E-state index in [0.29, 0.717) is 30.8 Å². The van der Waals surface area contributed by atoms with Crippen LogP contribution in [0.1, 0.15) is 42.7 Å². The topological polar surface area (TPSA) is 108 Å². The van der Waals surface area contributed by atoms with Gasteiger partial charge in [0, 0.05) is 24.5 Å². The maximum atomic E-state index is 13.5. The van der Waals surface area contributed by atoms with Gasteiger partial charge in [0.2, 0.25) is 15.9 Å². The molecular weight excluding hydrogens is 548 g/mol. The molecule has 0 spiro atoms. The predicted molar refractivity (Wildman–Crippen MR) is 165 cm³/mol. The third-order valence-corrected chi connectivity index (χ3v) is 8.91. The highest BCUT2D eigenvalue weighted by Gasteiger charge is 2.26. The molecule has 8 nitrogen and oxygen atoms in total. The second-order valence-electron chi connectivity index (χ2n) is 10.7. The van der Waals surface area contributed by atoms with Crippen LogP contribution in [0.4, 0.5) is 0 Å². The van der Waals surface area contributed by atoms with Gasteiger partial charge in [0.25, 0.3) is 5.91 Å². The highest BCUT2D eigenvalue weighted by molar-refractivity contribution is 7.89. The molecule has 0 bridgehead atoms. The minimum absolute atomic E-state index is 0.224. The number of carbonyl (C=O) groups is 2. The maximum Gasteiger partial charge on any atom is 0.270 e. The zero-order valence-electron chi connectivity index (χ0n) is 24.1. The summed E-state index contributed by atoms with van der Waals surface area (Å²) in [6.07, 6.45) is 1.65. The average Bonchev–Trinajstić information content (AvgIpc) is 3.00. The standard InChI is InChI=1S/C33H38N4O4S/c1-25(2)19-21-37(42(40,41)29-14-7-4-8-15-29)22-20-28(23-26-11-5-3-6-12-26)35-32(38)24-34-33(39)31-18-17-27-13-9-10-16-30(27)36-31/h3-18,25,28H,19-24H2,1-2H3,(H,34,39)(H,35,38)/t28-/m1/s1. The first-order valence-electron chi connectivity index (χ1n) is 14.2. The number of hydrogen-bond acceptors (Lipinski definition) is 5. The van der Waals surface area contributed by atoms with Gasteiger partial charge in [-0.05, 0) is 55.0 Å². The molecule has 1 heterocycles. The Bertz CT molecular complexity index is 1580. The van der Waals surface area contributed by atoms with Crippen LogP contribution in [0.3, 0.4) is 0 Å². The monoisotopic (exact) mass is 586 g/mol. The molecule has 0 saturated carbocycles. The summed E-state index contributed by atoms with van der Waals surface area (Å²) < 4.78 is 28.5. The molecule has 4 aromatic rings. The molecule has 9 heteroatoms. The van der Waals surface area contributed by atoms with Crippen LogP contribution in [-0.4, -0.2) is 55.2 Å². The summed E-state index contributed by atoms with van der Waals surface area (Å²) in [6, 6.07) is 28.8. The summed E-state index contributed by atoms with van der Waals surface area (Å²) in [7, 11) is -3.70. The Morgan fingerprint density at radius 1 is 0.810 bits per heavy atom. The van der Waals surface area contributed by atoms with E-state index < -0.39 is 15.9 Å². The Labute approximate surface area is 248 Å². The summed E-state index contributed by atoms with van der Waals surface area (Å²) in [4.78, 5) is 30.4. The van der Waals surface area contributed by atoms with Crippen LogP contribution in [0, 0.1) is 5.92 Å². The van der Waals surface area contributed by atoms with Gasteiger partial charge in [-0.2, -0.15) is 4.31 Å². The normalized spacial score (nSPS) is 12.4. The van der Waals surface area contributed by atoms with Gasteiger partial charge < -0.3 is 10.6 Å². The van der Waals surface area contributed by atoms with Gasteiger partial charge in [-0.25, -0.2) is 13.4 Å². The van der Waals surface area contributed by atoms with E-state index in [-0.39, 0.29) is 35.6 Å². The van der Waals surface area contributed by atoms with Crippen molar-refractivity contribution < 1.29 is 18.0 Å². The van der Waals surface area contributed by atoms with Crippen molar-refractivity contribution in [3.8, 4) is 0 Å². The highest BCUT2D eigenvalue weighted by atomic mass is 32.2. The average molecular weight is 587 g/mol. The molecule has 0 saturated heterocycles. The third-order valence-electron chi connectivity index (χ3n) is 6.99. The van der Waals surface area contributed by atoms with E-state index in [1.807, 2.05) is 60.7 Å². The Balaban J connectivity index is 1.43. The van der Waals surface area contributed by atoms with Gasteiger partial charge in [0.15, 0.2) is 0 Å². The molecule has 0 aliphatic heterocycles. The molecular formula is C33H38N4O4S. The molecule has 0 unspecified atom stereocenters. The maximum absolute atomic E-state index is 13.5. The van der Waals surface area contributed by atoms with E-state index in [1.54, 1.807) is 36.4 Å². The molecule has 0 fully saturated rings. The van der Waals surface area contributed by atoms with Crippen molar-refractivity contribution in [2.45, 2.75) is 44.0 Å². The van der Waals surface area contributed by atoms with Gasteiger partial charge in [0.05, 0.1) is 17.0 Å². The van der Waals surface area contributed by atoms with Crippen molar-refractivity contribution in [2.24, 2.45) is 5.92 Å². The van der Waals surface area contributed by atoms with Gasteiger partial charge in [0.1, 0.15) is 5.69 Å². The summed E-state index contributed by atoms with van der Waals surface area (Å²) in [5.41, 5.74) is 1.95. The summed E-state index contributed by atoms with van der Waals surface area (Å²) in [5, 5.41) is 6.60. The van der Waals surface area contributed by atoms with Crippen molar-refractivity contribution in [1.29, 1.82) is 0 Å². The lowest BCUT2D eigenvalue weighted by atomic mass is 10.0. The van der Waals surface area contributed by atoms with Crippen molar-refractivity contribution in [3.63, 3.8) is 0 Å². The van der Waals surface area contributed by atoms with Crippen LogP contribution in [0.25, 0.3) is 10.9 Å². The van der Waals surface area contributed by atoms with Crippen LogP contribution in [0.2, 0.25) is 0 Å². The number of sulfonamides is 1. The third kappa shape index (κ3) is 8.71. The Morgan fingerprint density at radius 2 is 1.45 bits per heavy atom. The molecule has 2 amide bonds. The van der Waals surface area contributed by atoms with Gasteiger partial charge >= 0.3 is 0 Å². The number of para-hydroxylation sites is 1. The van der Waals surface area contributed by atoms with Crippen LogP contribution >= 0.6 is 0 Å². The number of amides is 2. The van der Waals surface area contributed by atoms with E-state index in [2.05, 4.69) is 29.5 Å². The fourth-order valence-electron chi connectivity index (χ4n) is 4.64. The highest BCUT2D eigenvalue weighted by Crippen LogP contribution is 2.19. The van der Waals surface area contributed by atoms with E-state index in [4.69, 9.17) is 0 Å². The number of nitrogens with zero attached hydrogens (tertiary/aromatic N) is 2. The fraction of sp³-hybridized carbons (Fsp3) is 0.303. The number of carbonyl (C=O) groups excluding carboxylic acids is 2. The van der Waals surface area contributed by atoms with Gasteiger partial charge in [-0.1, -0.05) is 86.6 Å². The largest absolute Gasteiger partial charge is 0.351 e. The van der Waals surface area contributed by atoms with Gasteiger partial charge in [-0.15, -0.1) is 0 Å². The second-order valence-corrected chi connectivity index (χ2v) is 12.7. The zero-order valence-corrected chi connectivity index (χ0v) is 24.9. The number of rotatable bonds is 14. The summed E-state index contributed by atoms with van der Waals surface area (Å²) >= 11 is 0. The first-order valence-corrected chi connectivity index (χ1v) is 15.7. The van der Waals surface area contributed by atoms with Crippen LogP contribution in [0.5, 0.6) is 0 Å². The Kier molecular flexibility index (Phi) is 10.8. The molecule has 1 aromatic heterocycles. The summed E-state index contributed by atoms with van der Waals surface area (Å²) in [6.45, 7) is 4.53. The number of benzene rings is 3. The first-order chi connectivity index (χ1) is 20.2. The molecule has 0 aliphatic rings. The molecule has 0 radical (unpaired) electrons.